The molecule has 0 aliphatic rings. The number of aryl methyl sites for hydroxylation is 2. The van der Waals surface area contributed by atoms with E-state index in [2.05, 4.69) is 37.0 Å². The maximum atomic E-state index is 6.08. The number of ether oxygens (including phenoxy) is 1. The highest BCUT2D eigenvalue weighted by Crippen LogP contribution is 2.26. The van der Waals surface area contributed by atoms with Gasteiger partial charge in [0.05, 0.1) is 18.3 Å². The van der Waals surface area contributed by atoms with Crippen molar-refractivity contribution in [3.05, 3.63) is 17.5 Å². The van der Waals surface area contributed by atoms with Gasteiger partial charge in [-0.3, -0.25) is 9.58 Å². The van der Waals surface area contributed by atoms with Crippen molar-refractivity contribution in [1.29, 1.82) is 0 Å². The zero-order valence-corrected chi connectivity index (χ0v) is 13.6. The Labute approximate surface area is 123 Å². The SMILES string of the molecule is CCC(CC)N(CCOC)C(CN)c1cn(C)nc1C. The summed E-state index contributed by atoms with van der Waals surface area (Å²) >= 11 is 0. The van der Waals surface area contributed by atoms with Gasteiger partial charge < -0.3 is 10.5 Å². The Hall–Kier alpha value is -0.910. The Morgan fingerprint density at radius 1 is 1.40 bits per heavy atom. The van der Waals surface area contributed by atoms with Crippen LogP contribution in [-0.2, 0) is 11.8 Å². The highest BCUT2D eigenvalue weighted by Gasteiger charge is 2.26. The van der Waals surface area contributed by atoms with E-state index in [0.717, 1.165) is 31.7 Å². The van der Waals surface area contributed by atoms with E-state index >= 15 is 0 Å². The van der Waals surface area contributed by atoms with Crippen molar-refractivity contribution in [3.8, 4) is 0 Å². The average Bonchev–Trinajstić information content (AvgIpc) is 2.76. The summed E-state index contributed by atoms with van der Waals surface area (Å²) in [6, 6.07) is 0.738. The first-order valence-electron chi connectivity index (χ1n) is 7.53. The van der Waals surface area contributed by atoms with Gasteiger partial charge in [0.25, 0.3) is 0 Å². The molecular weight excluding hydrogens is 252 g/mol. The molecule has 2 N–H and O–H groups in total. The third kappa shape index (κ3) is 4.04. The molecule has 0 radical (unpaired) electrons. The lowest BCUT2D eigenvalue weighted by atomic mass is 10.0. The molecule has 1 atom stereocenters. The summed E-state index contributed by atoms with van der Waals surface area (Å²) in [4.78, 5) is 2.48. The van der Waals surface area contributed by atoms with Crippen LogP contribution in [0.1, 0.15) is 44.0 Å². The molecule has 5 heteroatoms. The van der Waals surface area contributed by atoms with Crippen LogP contribution in [0, 0.1) is 6.92 Å². The molecule has 1 aromatic heterocycles. The molecule has 0 fully saturated rings. The van der Waals surface area contributed by atoms with Gasteiger partial charge in [-0.25, -0.2) is 0 Å². The number of nitrogens with two attached hydrogens (primary N) is 1. The highest BCUT2D eigenvalue weighted by molar-refractivity contribution is 5.21. The van der Waals surface area contributed by atoms with Crippen molar-refractivity contribution in [1.82, 2.24) is 14.7 Å². The van der Waals surface area contributed by atoms with E-state index in [4.69, 9.17) is 10.5 Å². The first-order valence-corrected chi connectivity index (χ1v) is 7.53. The summed E-state index contributed by atoms with van der Waals surface area (Å²) in [5.74, 6) is 0. The predicted molar refractivity (Wildman–Crippen MR) is 82.7 cm³/mol. The molecule has 1 aromatic rings. The molecule has 0 saturated carbocycles. The molecule has 0 spiro atoms. The summed E-state index contributed by atoms with van der Waals surface area (Å²) in [6.07, 6.45) is 4.33. The van der Waals surface area contributed by atoms with Gasteiger partial charge in [0, 0.05) is 45.0 Å². The van der Waals surface area contributed by atoms with Crippen LogP contribution in [0.4, 0.5) is 0 Å². The maximum absolute atomic E-state index is 6.08. The van der Waals surface area contributed by atoms with Crippen LogP contribution in [0.25, 0.3) is 0 Å². The Morgan fingerprint density at radius 3 is 2.45 bits per heavy atom. The summed E-state index contributed by atoms with van der Waals surface area (Å²) in [6.45, 7) is 8.76. The molecule has 0 saturated heterocycles. The number of nitrogens with zero attached hydrogens (tertiary/aromatic N) is 3. The lowest BCUT2D eigenvalue weighted by Gasteiger charge is -2.37. The second-order valence-corrected chi connectivity index (χ2v) is 5.30. The van der Waals surface area contributed by atoms with E-state index in [0.29, 0.717) is 12.6 Å². The molecule has 1 unspecified atom stereocenters. The van der Waals surface area contributed by atoms with Gasteiger partial charge in [-0.15, -0.1) is 0 Å². The number of hydrogen-bond donors (Lipinski definition) is 1. The third-order valence-corrected chi connectivity index (χ3v) is 4.00. The molecule has 116 valence electrons. The van der Waals surface area contributed by atoms with Gasteiger partial charge in [0.1, 0.15) is 0 Å². The van der Waals surface area contributed by atoms with Crippen LogP contribution in [-0.4, -0.2) is 47.5 Å². The summed E-state index contributed by atoms with van der Waals surface area (Å²) in [7, 11) is 3.71. The normalized spacial score (nSPS) is 13.4. The van der Waals surface area contributed by atoms with Gasteiger partial charge in [-0.1, -0.05) is 13.8 Å². The number of hydrogen-bond acceptors (Lipinski definition) is 4. The molecule has 5 nitrogen and oxygen atoms in total. The fourth-order valence-electron chi connectivity index (χ4n) is 2.93. The molecular formula is C15H30N4O. The molecule has 1 heterocycles. The number of aromatic nitrogens is 2. The van der Waals surface area contributed by atoms with Gasteiger partial charge in [0.15, 0.2) is 0 Å². The van der Waals surface area contributed by atoms with Crippen molar-refractivity contribution < 1.29 is 4.74 Å². The first kappa shape index (κ1) is 17.1. The molecule has 0 amide bonds. The monoisotopic (exact) mass is 282 g/mol. The topological polar surface area (TPSA) is 56.3 Å². The van der Waals surface area contributed by atoms with Gasteiger partial charge in [-0.2, -0.15) is 5.10 Å². The molecule has 0 aliphatic heterocycles. The average molecular weight is 282 g/mol. The van der Waals surface area contributed by atoms with Crippen molar-refractivity contribution >= 4 is 0 Å². The Balaban J connectivity index is 3.03. The lowest BCUT2D eigenvalue weighted by Crippen LogP contribution is -2.43. The standard InChI is InChI=1S/C15H30N4O/c1-6-13(7-2)19(8-9-20-5)15(10-16)14-11-18(4)17-12(14)3/h11,13,15H,6-10,16H2,1-5H3. The number of methoxy groups -OCH3 is 1. The van der Waals surface area contributed by atoms with Crippen LogP contribution in [0.3, 0.4) is 0 Å². The Morgan fingerprint density at radius 2 is 2.05 bits per heavy atom. The van der Waals surface area contributed by atoms with Crippen LogP contribution >= 0.6 is 0 Å². The fourth-order valence-corrected chi connectivity index (χ4v) is 2.93. The Bertz CT molecular complexity index is 387. The van der Waals surface area contributed by atoms with Crippen molar-refractivity contribution in [2.75, 3.05) is 26.8 Å². The Kier molecular flexibility index (Phi) is 7.19. The molecule has 1 rings (SSSR count). The third-order valence-electron chi connectivity index (χ3n) is 4.00. The van der Waals surface area contributed by atoms with Gasteiger partial charge in [-0.05, 0) is 19.8 Å². The van der Waals surface area contributed by atoms with Crippen molar-refractivity contribution in [2.24, 2.45) is 12.8 Å². The predicted octanol–water partition coefficient (Wildman–Crippen LogP) is 1.87. The summed E-state index contributed by atoms with van der Waals surface area (Å²) < 4.78 is 7.14. The van der Waals surface area contributed by atoms with E-state index in [1.165, 1.54) is 5.56 Å². The maximum Gasteiger partial charge on any atom is 0.0641 e. The summed E-state index contributed by atoms with van der Waals surface area (Å²) in [5.41, 5.74) is 8.38. The van der Waals surface area contributed by atoms with E-state index in [1.54, 1.807) is 7.11 Å². The van der Waals surface area contributed by atoms with E-state index < -0.39 is 0 Å². The fraction of sp³-hybridized carbons (Fsp3) is 0.800. The van der Waals surface area contributed by atoms with Crippen LogP contribution < -0.4 is 5.73 Å². The van der Waals surface area contributed by atoms with Crippen LogP contribution in [0.2, 0.25) is 0 Å². The summed E-state index contributed by atoms with van der Waals surface area (Å²) in [5, 5.41) is 4.46. The first-order chi connectivity index (χ1) is 9.58. The number of rotatable bonds is 9. The van der Waals surface area contributed by atoms with Gasteiger partial charge in [0.2, 0.25) is 0 Å². The highest BCUT2D eigenvalue weighted by atomic mass is 16.5. The minimum Gasteiger partial charge on any atom is -0.383 e. The lowest BCUT2D eigenvalue weighted by molar-refractivity contribution is 0.0815. The van der Waals surface area contributed by atoms with Gasteiger partial charge >= 0.3 is 0 Å². The molecule has 20 heavy (non-hydrogen) atoms. The quantitative estimate of drug-likeness (QED) is 0.751. The van der Waals surface area contributed by atoms with E-state index in [9.17, 15) is 0 Å². The minimum atomic E-state index is 0.212. The van der Waals surface area contributed by atoms with E-state index in [-0.39, 0.29) is 6.04 Å². The van der Waals surface area contributed by atoms with Crippen molar-refractivity contribution in [3.63, 3.8) is 0 Å². The van der Waals surface area contributed by atoms with E-state index in [1.807, 2.05) is 11.7 Å². The zero-order valence-electron chi connectivity index (χ0n) is 13.6. The second-order valence-electron chi connectivity index (χ2n) is 5.30. The van der Waals surface area contributed by atoms with Crippen LogP contribution in [0.5, 0.6) is 0 Å². The molecule has 0 bridgehead atoms. The zero-order chi connectivity index (χ0) is 15.1. The van der Waals surface area contributed by atoms with Crippen LogP contribution in [0.15, 0.2) is 6.20 Å². The largest absolute Gasteiger partial charge is 0.383 e. The molecule has 0 aliphatic carbocycles. The smallest absolute Gasteiger partial charge is 0.0641 e. The van der Waals surface area contributed by atoms with Crippen molar-refractivity contribution in [2.45, 2.75) is 45.7 Å². The molecule has 0 aromatic carbocycles. The minimum absolute atomic E-state index is 0.212. The second kappa shape index (κ2) is 8.39.